The first-order valence-electron chi connectivity index (χ1n) is 5.86. The van der Waals surface area contributed by atoms with E-state index in [-0.39, 0.29) is 5.95 Å². The van der Waals surface area contributed by atoms with Gasteiger partial charge in [-0.05, 0) is 24.3 Å². The van der Waals surface area contributed by atoms with Gasteiger partial charge in [-0.15, -0.1) is 10.2 Å². The molecule has 3 rings (SSSR count). The minimum atomic E-state index is 0.280. The van der Waals surface area contributed by atoms with Crippen LogP contribution in [0.3, 0.4) is 0 Å². The van der Waals surface area contributed by atoms with E-state index in [2.05, 4.69) is 39.4 Å². The van der Waals surface area contributed by atoms with Crippen LogP contribution in [0.2, 0.25) is 0 Å². The molecule has 1 aromatic carbocycles. The van der Waals surface area contributed by atoms with Gasteiger partial charge in [-0.2, -0.15) is 0 Å². The van der Waals surface area contributed by atoms with Gasteiger partial charge in [0.05, 0.1) is 11.4 Å². The number of aryl methyl sites for hydroxylation is 1. The van der Waals surface area contributed by atoms with E-state index in [4.69, 9.17) is 5.73 Å². The maximum atomic E-state index is 5.54. The number of nitrogens with two attached hydrogens (primary N) is 1. The Morgan fingerprint density at radius 2 is 1.88 bits per heavy atom. The van der Waals surface area contributed by atoms with Crippen molar-refractivity contribution in [2.24, 2.45) is 0 Å². The van der Waals surface area contributed by atoms with Crippen molar-refractivity contribution in [3.63, 3.8) is 0 Å². The molecule has 2 aromatic rings. The van der Waals surface area contributed by atoms with Crippen molar-refractivity contribution in [3.05, 3.63) is 47.3 Å². The molecule has 0 radical (unpaired) electrons. The molecule has 0 spiro atoms. The lowest BCUT2D eigenvalue weighted by Crippen LogP contribution is -2.17. The second-order valence-corrected chi connectivity index (χ2v) is 4.41. The largest absolute Gasteiger partial charge is 0.366 e. The monoisotopic (exact) mass is 226 g/mol. The molecular weight excluding hydrogens is 212 g/mol. The van der Waals surface area contributed by atoms with Crippen molar-refractivity contribution in [1.82, 2.24) is 15.2 Å². The van der Waals surface area contributed by atoms with Crippen molar-refractivity contribution >= 4 is 5.95 Å². The second-order valence-electron chi connectivity index (χ2n) is 4.41. The van der Waals surface area contributed by atoms with Gasteiger partial charge in [-0.3, -0.25) is 0 Å². The highest BCUT2D eigenvalue weighted by atomic mass is 15.2. The Morgan fingerprint density at radius 1 is 1.06 bits per heavy atom. The average Bonchev–Trinajstić information content (AvgIpc) is 2.39. The summed E-state index contributed by atoms with van der Waals surface area (Å²) in [5.41, 5.74) is 8.93. The molecule has 1 unspecified atom stereocenters. The molecular formula is C13H14N4. The molecule has 0 saturated heterocycles. The van der Waals surface area contributed by atoms with Crippen LogP contribution in [0.25, 0.3) is 0 Å². The third-order valence-electron chi connectivity index (χ3n) is 3.30. The van der Waals surface area contributed by atoms with Crippen LogP contribution in [0, 0.1) is 0 Å². The van der Waals surface area contributed by atoms with Crippen molar-refractivity contribution in [2.45, 2.75) is 25.2 Å². The quantitative estimate of drug-likeness (QED) is 0.804. The fourth-order valence-electron chi connectivity index (χ4n) is 2.41. The zero-order chi connectivity index (χ0) is 11.7. The molecule has 86 valence electrons. The number of aromatic nitrogens is 3. The van der Waals surface area contributed by atoms with E-state index in [1.165, 1.54) is 5.56 Å². The smallest absolute Gasteiger partial charge is 0.240 e. The molecule has 0 bridgehead atoms. The molecule has 17 heavy (non-hydrogen) atoms. The molecule has 1 aliphatic carbocycles. The van der Waals surface area contributed by atoms with Gasteiger partial charge in [0.2, 0.25) is 5.95 Å². The van der Waals surface area contributed by atoms with Gasteiger partial charge in [-0.1, -0.05) is 30.3 Å². The second kappa shape index (κ2) is 4.13. The maximum Gasteiger partial charge on any atom is 0.240 e. The number of rotatable bonds is 1. The highest BCUT2D eigenvalue weighted by Crippen LogP contribution is 2.30. The summed E-state index contributed by atoms with van der Waals surface area (Å²) in [6, 6.07) is 10.6. The summed E-state index contributed by atoms with van der Waals surface area (Å²) in [7, 11) is 0. The van der Waals surface area contributed by atoms with Gasteiger partial charge < -0.3 is 5.73 Å². The number of hydrogen-bond acceptors (Lipinski definition) is 4. The first-order chi connectivity index (χ1) is 8.33. The van der Waals surface area contributed by atoms with Crippen molar-refractivity contribution < 1.29 is 0 Å². The summed E-state index contributed by atoms with van der Waals surface area (Å²) in [5, 5.41) is 7.99. The van der Waals surface area contributed by atoms with Crippen molar-refractivity contribution in [1.29, 1.82) is 0 Å². The minimum absolute atomic E-state index is 0.280. The van der Waals surface area contributed by atoms with Gasteiger partial charge >= 0.3 is 0 Å². The van der Waals surface area contributed by atoms with Crippen molar-refractivity contribution in [2.75, 3.05) is 5.73 Å². The van der Waals surface area contributed by atoms with Gasteiger partial charge in [0.15, 0.2) is 0 Å². The lowest BCUT2D eigenvalue weighted by Gasteiger charge is -2.22. The number of anilines is 1. The van der Waals surface area contributed by atoms with E-state index in [9.17, 15) is 0 Å². The van der Waals surface area contributed by atoms with E-state index < -0.39 is 0 Å². The van der Waals surface area contributed by atoms with Crippen LogP contribution in [0.1, 0.15) is 29.3 Å². The maximum absolute atomic E-state index is 5.54. The van der Waals surface area contributed by atoms with Crippen LogP contribution < -0.4 is 5.73 Å². The Labute approximate surface area is 99.9 Å². The third kappa shape index (κ3) is 1.98. The van der Waals surface area contributed by atoms with E-state index in [0.717, 1.165) is 30.7 Å². The number of nitrogens with zero attached hydrogens (tertiary/aromatic N) is 3. The zero-order valence-electron chi connectivity index (χ0n) is 9.50. The number of fused-ring (bicyclic) bond motifs is 1. The predicted molar refractivity (Wildman–Crippen MR) is 65.4 cm³/mol. The highest BCUT2D eigenvalue weighted by molar-refractivity contribution is 5.28. The molecule has 1 heterocycles. The van der Waals surface area contributed by atoms with Crippen LogP contribution >= 0.6 is 0 Å². The van der Waals surface area contributed by atoms with Crippen LogP contribution in [0.5, 0.6) is 0 Å². The number of benzene rings is 1. The molecule has 1 aromatic heterocycles. The molecule has 2 N–H and O–H groups in total. The summed E-state index contributed by atoms with van der Waals surface area (Å²) in [6.45, 7) is 0. The molecule has 4 heteroatoms. The Bertz CT molecular complexity index is 524. The van der Waals surface area contributed by atoms with E-state index in [1.54, 1.807) is 0 Å². The van der Waals surface area contributed by atoms with Crippen LogP contribution in [0.15, 0.2) is 30.3 Å². The zero-order valence-corrected chi connectivity index (χ0v) is 9.50. The van der Waals surface area contributed by atoms with Crippen LogP contribution in [0.4, 0.5) is 5.95 Å². The van der Waals surface area contributed by atoms with Crippen LogP contribution in [-0.4, -0.2) is 15.2 Å². The minimum Gasteiger partial charge on any atom is -0.366 e. The summed E-state index contributed by atoms with van der Waals surface area (Å²) in [6.07, 6.45) is 2.96. The van der Waals surface area contributed by atoms with Gasteiger partial charge in [-0.25, -0.2) is 4.98 Å². The first-order valence-corrected chi connectivity index (χ1v) is 5.86. The normalized spacial score (nSPS) is 18.7. The van der Waals surface area contributed by atoms with Gasteiger partial charge in [0.1, 0.15) is 0 Å². The number of hydrogen-bond donors (Lipinski definition) is 1. The lowest BCUT2D eigenvalue weighted by molar-refractivity contribution is 0.553. The molecule has 0 amide bonds. The Balaban J connectivity index is 1.88. The van der Waals surface area contributed by atoms with Crippen LogP contribution in [-0.2, 0) is 12.8 Å². The van der Waals surface area contributed by atoms with Gasteiger partial charge in [0.25, 0.3) is 0 Å². The summed E-state index contributed by atoms with van der Waals surface area (Å²) in [5.74, 6) is 0.810. The third-order valence-corrected chi connectivity index (χ3v) is 3.30. The number of nitrogen functional groups attached to an aromatic ring is 1. The van der Waals surface area contributed by atoms with E-state index >= 15 is 0 Å². The van der Waals surface area contributed by atoms with Gasteiger partial charge in [0, 0.05) is 6.42 Å². The summed E-state index contributed by atoms with van der Waals surface area (Å²) >= 11 is 0. The lowest BCUT2D eigenvalue weighted by atomic mass is 9.84. The predicted octanol–water partition coefficient (Wildman–Crippen LogP) is 1.73. The molecule has 0 aliphatic heterocycles. The van der Waals surface area contributed by atoms with E-state index in [1.807, 2.05) is 6.07 Å². The Kier molecular flexibility index (Phi) is 2.48. The Morgan fingerprint density at radius 3 is 2.71 bits per heavy atom. The molecule has 1 atom stereocenters. The highest BCUT2D eigenvalue weighted by Gasteiger charge is 2.22. The average molecular weight is 226 g/mol. The topological polar surface area (TPSA) is 64.7 Å². The SMILES string of the molecule is Nc1nnc2c(n1)CCC(c1ccccc1)C2. The van der Waals surface area contributed by atoms with E-state index in [0.29, 0.717) is 5.92 Å². The summed E-state index contributed by atoms with van der Waals surface area (Å²) < 4.78 is 0. The molecule has 4 nitrogen and oxygen atoms in total. The molecule has 1 aliphatic rings. The standard InChI is InChI=1S/C13H14N4/c14-13-15-11-7-6-10(8-12(11)16-17-13)9-4-2-1-3-5-9/h1-5,10H,6-8H2,(H2,14,15,17). The Hall–Kier alpha value is -1.97. The molecule has 0 saturated carbocycles. The first kappa shape index (κ1) is 10.2. The fraction of sp³-hybridized carbons (Fsp3) is 0.308. The fourth-order valence-corrected chi connectivity index (χ4v) is 2.41. The molecule has 0 fully saturated rings. The van der Waals surface area contributed by atoms with Crippen molar-refractivity contribution in [3.8, 4) is 0 Å². The summed E-state index contributed by atoms with van der Waals surface area (Å²) in [4.78, 5) is 4.25.